The van der Waals surface area contributed by atoms with Crippen LogP contribution in [-0.2, 0) is 9.59 Å². The Hall–Kier alpha value is -1.40. The fourth-order valence-electron chi connectivity index (χ4n) is 4.02. The quantitative estimate of drug-likeness (QED) is 0.633. The van der Waals surface area contributed by atoms with Gasteiger partial charge in [-0.2, -0.15) is 0 Å². The molecule has 1 heterocycles. The summed E-state index contributed by atoms with van der Waals surface area (Å²) < 4.78 is 0. The first kappa shape index (κ1) is 20.3. The molecule has 0 radical (unpaired) electrons. The summed E-state index contributed by atoms with van der Waals surface area (Å²) in [4.78, 5) is 29.2. The maximum absolute atomic E-state index is 12.5. The van der Waals surface area contributed by atoms with Crippen molar-refractivity contribution in [2.75, 3.05) is 32.7 Å². The fraction of sp³-hybridized carbons (Fsp3) is 0.810. The summed E-state index contributed by atoms with van der Waals surface area (Å²) in [6.45, 7) is 8.07. The lowest BCUT2D eigenvalue weighted by Gasteiger charge is -2.39. The van der Waals surface area contributed by atoms with E-state index in [2.05, 4.69) is 26.5 Å². The molecule has 2 N–H and O–H groups in total. The van der Waals surface area contributed by atoms with Crippen LogP contribution in [0.1, 0.15) is 58.8 Å². The molecule has 2 atom stereocenters. The van der Waals surface area contributed by atoms with Gasteiger partial charge < -0.3 is 10.6 Å². The first-order chi connectivity index (χ1) is 13.0. The second-order valence-electron chi connectivity index (χ2n) is 8.36. The van der Waals surface area contributed by atoms with Gasteiger partial charge in [0.1, 0.15) is 0 Å². The van der Waals surface area contributed by atoms with Crippen molar-refractivity contribution < 1.29 is 9.59 Å². The molecule has 0 aromatic heterocycles. The van der Waals surface area contributed by atoms with Crippen molar-refractivity contribution >= 4 is 11.8 Å². The zero-order valence-corrected chi connectivity index (χ0v) is 17.0. The minimum absolute atomic E-state index is 0.0827. The van der Waals surface area contributed by atoms with E-state index >= 15 is 0 Å². The Bertz CT molecular complexity index is 550. The molecule has 3 rings (SSSR count). The van der Waals surface area contributed by atoms with Gasteiger partial charge in [0, 0.05) is 38.8 Å². The molecule has 2 amide bonds. The van der Waals surface area contributed by atoms with Gasteiger partial charge in [0.05, 0.1) is 12.1 Å². The molecule has 0 aromatic rings. The summed E-state index contributed by atoms with van der Waals surface area (Å²) in [5.74, 6) is 0.271. The molecule has 6 nitrogen and oxygen atoms in total. The predicted octanol–water partition coefficient (Wildman–Crippen LogP) is 1.67. The van der Waals surface area contributed by atoms with E-state index in [-0.39, 0.29) is 23.9 Å². The Labute approximate surface area is 163 Å². The van der Waals surface area contributed by atoms with E-state index in [4.69, 9.17) is 0 Å². The monoisotopic (exact) mass is 376 g/mol. The summed E-state index contributed by atoms with van der Waals surface area (Å²) >= 11 is 0. The molecule has 27 heavy (non-hydrogen) atoms. The third kappa shape index (κ3) is 6.04. The lowest BCUT2D eigenvalue weighted by molar-refractivity contribution is -0.129. The number of hydrogen-bond acceptors (Lipinski definition) is 4. The van der Waals surface area contributed by atoms with Crippen LogP contribution in [0.15, 0.2) is 11.6 Å². The lowest BCUT2D eigenvalue weighted by Crippen LogP contribution is -2.57. The number of carbonyl (C=O) groups is 2. The van der Waals surface area contributed by atoms with Crippen LogP contribution in [0.4, 0.5) is 0 Å². The van der Waals surface area contributed by atoms with Crippen molar-refractivity contribution in [3.8, 4) is 0 Å². The summed E-state index contributed by atoms with van der Waals surface area (Å²) in [5, 5.41) is 6.20. The van der Waals surface area contributed by atoms with Crippen LogP contribution >= 0.6 is 0 Å². The molecule has 6 heteroatoms. The van der Waals surface area contributed by atoms with Crippen molar-refractivity contribution in [1.82, 2.24) is 20.4 Å². The fourth-order valence-corrected chi connectivity index (χ4v) is 4.02. The Morgan fingerprint density at radius 2 is 1.67 bits per heavy atom. The number of piperazine rings is 1. The van der Waals surface area contributed by atoms with E-state index < -0.39 is 0 Å². The van der Waals surface area contributed by atoms with E-state index in [0.717, 1.165) is 52.0 Å². The van der Waals surface area contributed by atoms with Crippen molar-refractivity contribution in [1.29, 1.82) is 0 Å². The van der Waals surface area contributed by atoms with E-state index in [0.29, 0.717) is 6.04 Å². The normalized spacial score (nSPS) is 24.0. The third-order valence-corrected chi connectivity index (χ3v) is 6.26. The summed E-state index contributed by atoms with van der Waals surface area (Å²) in [5.41, 5.74) is 1.50. The highest BCUT2D eigenvalue weighted by atomic mass is 16.2. The van der Waals surface area contributed by atoms with Crippen LogP contribution in [0.3, 0.4) is 0 Å². The average molecular weight is 377 g/mol. The molecule has 1 saturated heterocycles. The largest absolute Gasteiger partial charge is 0.354 e. The van der Waals surface area contributed by atoms with Crippen LogP contribution in [0.5, 0.6) is 0 Å². The molecule has 2 fully saturated rings. The minimum atomic E-state index is -0.108. The SMILES string of the molecule is C[C@H](C(=O)NCCC1=CCCCC1)N1CCN([C@H](C)C(=O)NC2CC2)CC1. The van der Waals surface area contributed by atoms with Gasteiger partial charge in [0.2, 0.25) is 11.8 Å². The number of allylic oxidation sites excluding steroid dienone is 1. The zero-order chi connectivity index (χ0) is 19.2. The summed E-state index contributed by atoms with van der Waals surface area (Å²) in [7, 11) is 0. The molecule has 0 spiro atoms. The number of nitrogens with zero attached hydrogens (tertiary/aromatic N) is 2. The topological polar surface area (TPSA) is 64.7 Å². The number of carbonyl (C=O) groups excluding carboxylic acids is 2. The lowest BCUT2D eigenvalue weighted by atomic mass is 9.97. The van der Waals surface area contributed by atoms with E-state index in [9.17, 15) is 9.59 Å². The minimum Gasteiger partial charge on any atom is -0.354 e. The number of amides is 2. The molecule has 1 aliphatic heterocycles. The van der Waals surface area contributed by atoms with E-state index in [1.165, 1.54) is 31.3 Å². The first-order valence-corrected chi connectivity index (χ1v) is 10.8. The van der Waals surface area contributed by atoms with Crippen LogP contribution in [0, 0.1) is 0 Å². The van der Waals surface area contributed by atoms with Gasteiger partial charge in [-0.15, -0.1) is 0 Å². The molecule has 2 aliphatic carbocycles. The highest BCUT2D eigenvalue weighted by Crippen LogP contribution is 2.20. The van der Waals surface area contributed by atoms with E-state index in [1.54, 1.807) is 0 Å². The maximum Gasteiger partial charge on any atom is 0.237 e. The van der Waals surface area contributed by atoms with Gasteiger partial charge in [-0.3, -0.25) is 19.4 Å². The molecular weight excluding hydrogens is 340 g/mol. The van der Waals surface area contributed by atoms with Gasteiger partial charge in [-0.25, -0.2) is 0 Å². The number of nitrogens with one attached hydrogen (secondary N) is 2. The third-order valence-electron chi connectivity index (χ3n) is 6.26. The molecule has 3 aliphatic rings. The molecule has 152 valence electrons. The van der Waals surface area contributed by atoms with Gasteiger partial charge in [-0.05, 0) is 58.8 Å². The van der Waals surface area contributed by atoms with E-state index in [1.807, 2.05) is 13.8 Å². The van der Waals surface area contributed by atoms with Crippen molar-refractivity contribution in [3.05, 3.63) is 11.6 Å². The molecular formula is C21H36N4O2. The zero-order valence-electron chi connectivity index (χ0n) is 17.0. The van der Waals surface area contributed by atoms with Crippen LogP contribution < -0.4 is 10.6 Å². The van der Waals surface area contributed by atoms with Crippen molar-refractivity contribution in [3.63, 3.8) is 0 Å². The number of rotatable bonds is 8. The van der Waals surface area contributed by atoms with Crippen molar-refractivity contribution in [2.45, 2.75) is 76.9 Å². The highest BCUT2D eigenvalue weighted by molar-refractivity contribution is 5.82. The molecule has 0 unspecified atom stereocenters. The highest BCUT2D eigenvalue weighted by Gasteiger charge is 2.31. The second-order valence-corrected chi connectivity index (χ2v) is 8.36. The first-order valence-electron chi connectivity index (χ1n) is 10.8. The molecule has 1 saturated carbocycles. The Morgan fingerprint density at radius 3 is 2.22 bits per heavy atom. The Kier molecular flexibility index (Phi) is 7.30. The maximum atomic E-state index is 12.5. The number of hydrogen-bond donors (Lipinski definition) is 2. The van der Waals surface area contributed by atoms with Gasteiger partial charge in [-0.1, -0.05) is 11.6 Å². The van der Waals surface area contributed by atoms with Crippen LogP contribution in [-0.4, -0.2) is 72.5 Å². The molecule has 0 aromatic carbocycles. The summed E-state index contributed by atoms with van der Waals surface area (Å²) in [6.07, 6.45) is 10.6. The van der Waals surface area contributed by atoms with Gasteiger partial charge in [0.15, 0.2) is 0 Å². The molecule has 0 bridgehead atoms. The van der Waals surface area contributed by atoms with Crippen LogP contribution in [0.2, 0.25) is 0 Å². The standard InChI is InChI=1S/C21H36N4O2/c1-16(20(26)22-11-10-18-6-4-3-5-7-18)24-12-14-25(15-13-24)17(2)21(27)23-19-8-9-19/h6,16-17,19H,3-5,7-15H2,1-2H3,(H,22,26)(H,23,27)/t16-,17-/m1/s1. The van der Waals surface area contributed by atoms with Crippen molar-refractivity contribution in [2.24, 2.45) is 0 Å². The van der Waals surface area contributed by atoms with Gasteiger partial charge >= 0.3 is 0 Å². The Morgan fingerprint density at radius 1 is 1.04 bits per heavy atom. The smallest absolute Gasteiger partial charge is 0.237 e. The summed E-state index contributed by atoms with van der Waals surface area (Å²) in [6, 6.07) is 0.220. The Balaban J connectivity index is 1.35. The van der Waals surface area contributed by atoms with Crippen LogP contribution in [0.25, 0.3) is 0 Å². The second kappa shape index (κ2) is 9.69. The van der Waals surface area contributed by atoms with Gasteiger partial charge in [0.25, 0.3) is 0 Å². The average Bonchev–Trinajstić information content (AvgIpc) is 3.51. The predicted molar refractivity (Wildman–Crippen MR) is 107 cm³/mol.